The number of fused-ring (bicyclic) bond motifs is 1. The van der Waals surface area contributed by atoms with Gasteiger partial charge in [0.05, 0.1) is 11.9 Å². The van der Waals surface area contributed by atoms with Crippen molar-refractivity contribution in [1.82, 2.24) is 4.90 Å². The van der Waals surface area contributed by atoms with E-state index in [1.54, 1.807) is 0 Å². The number of para-hydroxylation sites is 1. The van der Waals surface area contributed by atoms with Crippen molar-refractivity contribution in [3.05, 3.63) is 71.4 Å². The molecule has 0 atom stereocenters. The standard InChI is InChI=1S/C24H30N3/c1-19-18-21(13-10-20-11-14-22(15-12-20)26(4)5)23-8-6-7-9-24(23)27(19)17-16-25(2)3/h6-15,18H,16-17H2,1-5H3/q+1. The third kappa shape index (κ3) is 4.55. The number of hydrogen-bond donors (Lipinski definition) is 0. The van der Waals surface area contributed by atoms with Crippen LogP contribution in [0.3, 0.4) is 0 Å². The van der Waals surface area contributed by atoms with E-state index in [9.17, 15) is 0 Å². The molecule has 0 aliphatic carbocycles. The van der Waals surface area contributed by atoms with Crippen molar-refractivity contribution in [2.75, 3.05) is 39.6 Å². The van der Waals surface area contributed by atoms with E-state index < -0.39 is 0 Å². The first-order valence-electron chi connectivity index (χ1n) is 9.48. The second-order valence-electron chi connectivity index (χ2n) is 7.53. The summed E-state index contributed by atoms with van der Waals surface area (Å²) in [5, 5.41) is 1.29. The van der Waals surface area contributed by atoms with Crippen molar-refractivity contribution in [2.24, 2.45) is 0 Å². The molecule has 0 unspecified atom stereocenters. The Morgan fingerprint density at radius 2 is 1.59 bits per heavy atom. The van der Waals surface area contributed by atoms with E-state index in [1.165, 1.54) is 33.4 Å². The monoisotopic (exact) mass is 360 g/mol. The number of nitrogens with zero attached hydrogens (tertiary/aromatic N) is 3. The fourth-order valence-electron chi connectivity index (χ4n) is 3.33. The second-order valence-corrected chi connectivity index (χ2v) is 7.53. The molecule has 3 aromatic rings. The molecule has 1 aromatic heterocycles. The van der Waals surface area contributed by atoms with Crippen molar-refractivity contribution < 1.29 is 4.57 Å². The summed E-state index contributed by atoms with van der Waals surface area (Å²) >= 11 is 0. The van der Waals surface area contributed by atoms with Crippen molar-refractivity contribution >= 4 is 28.7 Å². The molecule has 0 radical (unpaired) electrons. The molecular weight excluding hydrogens is 330 g/mol. The summed E-state index contributed by atoms with van der Waals surface area (Å²) in [5.41, 5.74) is 6.28. The number of rotatable bonds is 6. The summed E-state index contributed by atoms with van der Waals surface area (Å²) in [6, 6.07) is 19.6. The minimum atomic E-state index is 0.995. The number of aromatic nitrogens is 1. The van der Waals surface area contributed by atoms with Gasteiger partial charge in [-0.3, -0.25) is 0 Å². The number of aryl methyl sites for hydroxylation is 1. The first-order valence-corrected chi connectivity index (χ1v) is 9.48. The molecule has 0 N–H and O–H groups in total. The molecule has 1 heterocycles. The lowest BCUT2D eigenvalue weighted by molar-refractivity contribution is -0.676. The number of benzene rings is 2. The molecule has 0 spiro atoms. The van der Waals surface area contributed by atoms with Gasteiger partial charge in [0.25, 0.3) is 0 Å². The van der Waals surface area contributed by atoms with Crippen LogP contribution in [0.2, 0.25) is 0 Å². The molecule has 0 saturated carbocycles. The summed E-state index contributed by atoms with van der Waals surface area (Å²) in [5.74, 6) is 0. The van der Waals surface area contributed by atoms with Crippen molar-refractivity contribution in [2.45, 2.75) is 13.5 Å². The normalized spacial score (nSPS) is 11.6. The predicted octanol–water partition coefficient (Wildman–Crippen LogP) is 4.23. The largest absolute Gasteiger partial charge is 0.378 e. The first-order chi connectivity index (χ1) is 13.0. The zero-order chi connectivity index (χ0) is 19.4. The molecule has 140 valence electrons. The van der Waals surface area contributed by atoms with Gasteiger partial charge in [-0.25, -0.2) is 0 Å². The molecule has 27 heavy (non-hydrogen) atoms. The quantitative estimate of drug-likeness (QED) is 0.609. The van der Waals surface area contributed by atoms with E-state index in [1.807, 2.05) is 0 Å². The topological polar surface area (TPSA) is 10.4 Å². The fraction of sp³-hybridized carbons (Fsp3) is 0.292. The third-order valence-electron chi connectivity index (χ3n) is 4.93. The Morgan fingerprint density at radius 1 is 0.889 bits per heavy atom. The highest BCUT2D eigenvalue weighted by Crippen LogP contribution is 2.20. The molecule has 0 aliphatic heterocycles. The van der Waals surface area contributed by atoms with E-state index in [0.29, 0.717) is 0 Å². The molecule has 2 aromatic carbocycles. The Kier molecular flexibility index (Phi) is 5.92. The van der Waals surface area contributed by atoms with E-state index in [2.05, 4.69) is 116 Å². The molecule has 0 aliphatic rings. The highest BCUT2D eigenvalue weighted by Gasteiger charge is 2.15. The van der Waals surface area contributed by atoms with Gasteiger partial charge in [0.2, 0.25) is 5.52 Å². The van der Waals surface area contributed by atoms with E-state index in [0.717, 1.165) is 13.1 Å². The van der Waals surface area contributed by atoms with Crippen molar-refractivity contribution in [1.29, 1.82) is 0 Å². The molecule has 3 heteroatoms. The Hall–Kier alpha value is -2.65. The molecule has 0 bridgehead atoms. The number of anilines is 1. The Bertz CT molecular complexity index is 938. The number of hydrogen-bond acceptors (Lipinski definition) is 2. The van der Waals surface area contributed by atoms with Crippen LogP contribution in [0, 0.1) is 6.92 Å². The maximum atomic E-state index is 2.42. The molecule has 0 amide bonds. The van der Waals surface area contributed by atoms with Crippen LogP contribution >= 0.6 is 0 Å². The molecule has 0 saturated heterocycles. The van der Waals surface area contributed by atoms with Crippen molar-refractivity contribution in [3.8, 4) is 0 Å². The maximum absolute atomic E-state index is 2.42. The summed E-state index contributed by atoms with van der Waals surface area (Å²) in [6.45, 7) is 4.23. The minimum Gasteiger partial charge on any atom is -0.378 e. The van der Waals surface area contributed by atoms with Gasteiger partial charge in [-0.15, -0.1) is 0 Å². The number of likely N-dealkylation sites (N-methyl/N-ethyl adjacent to an activating group) is 1. The summed E-state index contributed by atoms with van der Waals surface area (Å²) in [7, 11) is 8.37. The molecule has 3 nitrogen and oxygen atoms in total. The molecular formula is C24H30N3+. The predicted molar refractivity (Wildman–Crippen MR) is 117 cm³/mol. The first kappa shape index (κ1) is 19.1. The lowest BCUT2D eigenvalue weighted by Gasteiger charge is -2.12. The fourth-order valence-corrected chi connectivity index (χ4v) is 3.33. The highest BCUT2D eigenvalue weighted by molar-refractivity contribution is 5.89. The van der Waals surface area contributed by atoms with Gasteiger partial charge in [-0.1, -0.05) is 36.4 Å². The zero-order valence-corrected chi connectivity index (χ0v) is 17.1. The van der Waals surface area contributed by atoms with Crippen LogP contribution < -0.4 is 9.47 Å². The Labute approximate surface area is 163 Å². The molecule has 3 rings (SSSR count). The lowest BCUT2D eigenvalue weighted by Crippen LogP contribution is -2.42. The smallest absolute Gasteiger partial charge is 0.213 e. The van der Waals surface area contributed by atoms with Crippen molar-refractivity contribution in [3.63, 3.8) is 0 Å². The van der Waals surface area contributed by atoms with Crippen LogP contribution in [-0.2, 0) is 6.54 Å². The van der Waals surface area contributed by atoms with Gasteiger partial charge in [0, 0.05) is 38.8 Å². The van der Waals surface area contributed by atoms with Gasteiger partial charge < -0.3 is 9.80 Å². The van der Waals surface area contributed by atoms with E-state index in [-0.39, 0.29) is 0 Å². The number of pyridine rings is 1. The van der Waals surface area contributed by atoms with Gasteiger partial charge in [-0.2, -0.15) is 4.57 Å². The van der Waals surface area contributed by atoms with Gasteiger partial charge >= 0.3 is 0 Å². The van der Waals surface area contributed by atoms with Crippen LogP contribution in [0.15, 0.2) is 54.6 Å². The molecule has 0 fully saturated rings. The summed E-state index contributed by atoms with van der Waals surface area (Å²) in [4.78, 5) is 4.35. The maximum Gasteiger partial charge on any atom is 0.213 e. The summed E-state index contributed by atoms with van der Waals surface area (Å²) < 4.78 is 2.42. The Morgan fingerprint density at radius 3 is 2.26 bits per heavy atom. The Balaban J connectivity index is 1.96. The van der Waals surface area contributed by atoms with Crippen LogP contribution in [0.1, 0.15) is 16.8 Å². The zero-order valence-electron chi connectivity index (χ0n) is 17.1. The lowest BCUT2D eigenvalue weighted by atomic mass is 10.0. The van der Waals surface area contributed by atoms with Crippen LogP contribution in [-0.4, -0.2) is 39.6 Å². The second kappa shape index (κ2) is 8.36. The van der Waals surface area contributed by atoms with Gasteiger partial charge in [0.1, 0.15) is 0 Å². The van der Waals surface area contributed by atoms with Crippen LogP contribution in [0.25, 0.3) is 23.1 Å². The average Bonchev–Trinajstić information content (AvgIpc) is 2.65. The third-order valence-corrected chi connectivity index (χ3v) is 4.93. The highest BCUT2D eigenvalue weighted by atomic mass is 15.1. The van der Waals surface area contributed by atoms with Crippen LogP contribution in [0.5, 0.6) is 0 Å². The van der Waals surface area contributed by atoms with Gasteiger partial charge in [-0.05, 0) is 43.4 Å². The van der Waals surface area contributed by atoms with Gasteiger partial charge in [0.15, 0.2) is 12.2 Å². The average molecular weight is 361 g/mol. The van der Waals surface area contributed by atoms with Crippen LogP contribution in [0.4, 0.5) is 5.69 Å². The van der Waals surface area contributed by atoms with E-state index >= 15 is 0 Å². The minimum absolute atomic E-state index is 0.995. The van der Waals surface area contributed by atoms with E-state index in [4.69, 9.17) is 0 Å². The summed E-state index contributed by atoms with van der Waals surface area (Å²) in [6.07, 6.45) is 4.43. The SMILES string of the molecule is Cc1cc(C=Cc2ccc(N(C)C)cc2)c2ccccc2[n+]1CCN(C)C.